The molecule has 0 radical (unpaired) electrons. The highest BCUT2D eigenvalue weighted by atomic mass is 32.2. The van der Waals surface area contributed by atoms with Crippen LogP contribution in [0.15, 0.2) is 29.4 Å². The number of methoxy groups -OCH3 is 1. The number of hydrogen-bond donors (Lipinski definition) is 2. The quantitative estimate of drug-likeness (QED) is 0.729. The zero-order valence-electron chi connectivity index (χ0n) is 13.8. The van der Waals surface area contributed by atoms with Crippen LogP contribution in [0.4, 0.5) is 15.1 Å². The van der Waals surface area contributed by atoms with Gasteiger partial charge in [0.15, 0.2) is 5.03 Å². The molecule has 0 bridgehead atoms. The molecule has 0 aliphatic rings. The number of alkyl halides is 1. The molecule has 0 saturated carbocycles. The Morgan fingerprint density at radius 1 is 1.46 bits per heavy atom. The summed E-state index contributed by atoms with van der Waals surface area (Å²) in [6.07, 6.45) is -0.644. The number of amides is 2. The van der Waals surface area contributed by atoms with Crippen molar-refractivity contribution >= 4 is 22.0 Å². The largest absolute Gasteiger partial charge is 0.481 e. The summed E-state index contributed by atoms with van der Waals surface area (Å²) in [5.74, 6) is -0.570. The molecule has 0 saturated heterocycles. The van der Waals surface area contributed by atoms with Crippen molar-refractivity contribution in [2.45, 2.75) is 18.1 Å². The molecular formula is C14H16FN5O5S. The first kappa shape index (κ1) is 19.5. The maximum absolute atomic E-state index is 12.9. The minimum absolute atomic E-state index is 0.000938. The summed E-state index contributed by atoms with van der Waals surface area (Å²) < 4.78 is 43.8. The number of pyridine rings is 1. The van der Waals surface area contributed by atoms with Crippen molar-refractivity contribution in [1.29, 1.82) is 0 Å². The Bertz CT molecular complexity index is 924. The molecular weight excluding hydrogens is 369 g/mol. The minimum atomic E-state index is -4.74. The SMILES string of the molecule is COc1cc(C)nc(N(C(N)=O)S(=O)(=O)c2ncccc2C(O)CF)n1. The van der Waals surface area contributed by atoms with Gasteiger partial charge >= 0.3 is 6.03 Å². The number of primary amides is 1. The van der Waals surface area contributed by atoms with E-state index in [0.29, 0.717) is 5.69 Å². The molecule has 2 heterocycles. The number of rotatable bonds is 6. The maximum atomic E-state index is 12.9. The van der Waals surface area contributed by atoms with Crippen LogP contribution in [0.1, 0.15) is 17.4 Å². The molecule has 12 heteroatoms. The van der Waals surface area contributed by atoms with Crippen LogP contribution in [0.25, 0.3) is 0 Å². The highest BCUT2D eigenvalue weighted by Crippen LogP contribution is 2.27. The normalized spacial score (nSPS) is 12.5. The molecule has 0 aliphatic heterocycles. The number of urea groups is 1. The van der Waals surface area contributed by atoms with Crippen molar-refractivity contribution in [2.24, 2.45) is 5.73 Å². The van der Waals surface area contributed by atoms with E-state index < -0.39 is 39.8 Å². The van der Waals surface area contributed by atoms with Gasteiger partial charge in [-0.15, -0.1) is 4.31 Å². The topological polar surface area (TPSA) is 149 Å². The molecule has 2 aromatic heterocycles. The van der Waals surface area contributed by atoms with E-state index in [1.807, 2.05) is 0 Å². The molecule has 0 spiro atoms. The van der Waals surface area contributed by atoms with Crippen molar-refractivity contribution in [1.82, 2.24) is 15.0 Å². The summed E-state index contributed by atoms with van der Waals surface area (Å²) in [6, 6.07) is 2.48. The third-order valence-corrected chi connectivity index (χ3v) is 4.85. The molecule has 10 nitrogen and oxygen atoms in total. The van der Waals surface area contributed by atoms with E-state index in [-0.39, 0.29) is 15.7 Å². The molecule has 2 amide bonds. The second kappa shape index (κ2) is 7.58. The number of ether oxygens (including phenoxy) is 1. The lowest BCUT2D eigenvalue weighted by Crippen LogP contribution is -2.42. The van der Waals surface area contributed by atoms with Crippen molar-refractivity contribution in [3.8, 4) is 5.88 Å². The Kier molecular flexibility index (Phi) is 5.67. The highest BCUT2D eigenvalue weighted by Gasteiger charge is 2.36. The predicted octanol–water partition coefficient (Wildman–Crippen LogP) is 0.466. The predicted molar refractivity (Wildman–Crippen MR) is 87.7 cm³/mol. The number of sulfonamides is 1. The van der Waals surface area contributed by atoms with E-state index in [0.717, 1.165) is 6.20 Å². The van der Waals surface area contributed by atoms with Crippen LogP contribution >= 0.6 is 0 Å². The van der Waals surface area contributed by atoms with Gasteiger partial charge in [0.05, 0.1) is 7.11 Å². The smallest absolute Gasteiger partial charge is 0.336 e. The number of aromatic nitrogens is 3. The van der Waals surface area contributed by atoms with Crippen molar-refractivity contribution in [2.75, 3.05) is 18.1 Å². The van der Waals surface area contributed by atoms with Gasteiger partial charge in [0.1, 0.15) is 12.8 Å². The van der Waals surface area contributed by atoms with Crippen molar-refractivity contribution < 1.29 is 27.4 Å². The molecule has 2 aromatic rings. The highest BCUT2D eigenvalue weighted by molar-refractivity contribution is 7.93. The lowest BCUT2D eigenvalue weighted by Gasteiger charge is -2.20. The molecule has 2 rings (SSSR count). The molecule has 0 aromatic carbocycles. The fraction of sp³-hybridized carbons (Fsp3) is 0.286. The first-order valence-corrected chi connectivity index (χ1v) is 8.59. The number of nitrogens with zero attached hydrogens (tertiary/aromatic N) is 4. The van der Waals surface area contributed by atoms with Crippen molar-refractivity contribution in [3.63, 3.8) is 0 Å². The molecule has 1 atom stereocenters. The number of aliphatic hydroxyl groups is 1. The summed E-state index contributed by atoms with van der Waals surface area (Å²) in [5, 5.41) is 8.98. The maximum Gasteiger partial charge on any atom is 0.336 e. The van der Waals surface area contributed by atoms with E-state index in [1.165, 1.54) is 32.2 Å². The Hall–Kier alpha value is -2.86. The summed E-state index contributed by atoms with van der Waals surface area (Å²) >= 11 is 0. The Morgan fingerprint density at radius 2 is 2.15 bits per heavy atom. The van der Waals surface area contributed by atoms with Gasteiger partial charge in [0.25, 0.3) is 16.0 Å². The number of anilines is 1. The minimum Gasteiger partial charge on any atom is -0.481 e. The third kappa shape index (κ3) is 3.70. The van der Waals surface area contributed by atoms with E-state index in [4.69, 9.17) is 10.5 Å². The monoisotopic (exact) mass is 385 g/mol. The average molecular weight is 385 g/mol. The second-order valence-electron chi connectivity index (χ2n) is 5.03. The van der Waals surface area contributed by atoms with Crippen LogP contribution in [0.5, 0.6) is 5.88 Å². The van der Waals surface area contributed by atoms with Gasteiger partial charge in [-0.2, -0.15) is 13.4 Å². The van der Waals surface area contributed by atoms with Crippen LogP contribution in [-0.4, -0.2) is 48.3 Å². The Labute approximate surface area is 148 Å². The summed E-state index contributed by atoms with van der Waals surface area (Å²) in [7, 11) is -3.45. The lowest BCUT2D eigenvalue weighted by atomic mass is 10.2. The first-order valence-electron chi connectivity index (χ1n) is 7.15. The van der Waals surface area contributed by atoms with Crippen LogP contribution in [0, 0.1) is 6.92 Å². The summed E-state index contributed by atoms with van der Waals surface area (Å²) in [6.45, 7) is 0.276. The summed E-state index contributed by atoms with van der Waals surface area (Å²) in [4.78, 5) is 23.2. The Morgan fingerprint density at radius 3 is 2.73 bits per heavy atom. The molecule has 26 heavy (non-hydrogen) atoms. The van der Waals surface area contributed by atoms with E-state index in [1.54, 1.807) is 0 Å². The molecule has 3 N–H and O–H groups in total. The van der Waals surface area contributed by atoms with Gasteiger partial charge in [0, 0.05) is 23.5 Å². The van der Waals surface area contributed by atoms with Crippen LogP contribution < -0.4 is 14.8 Å². The number of halogens is 1. The third-order valence-electron chi connectivity index (χ3n) is 3.20. The van der Waals surface area contributed by atoms with Gasteiger partial charge < -0.3 is 15.6 Å². The zero-order valence-corrected chi connectivity index (χ0v) is 14.6. The van der Waals surface area contributed by atoms with Crippen LogP contribution in [-0.2, 0) is 10.0 Å². The number of nitrogens with two attached hydrogens (primary N) is 1. The zero-order chi connectivity index (χ0) is 19.5. The molecule has 140 valence electrons. The van der Waals surface area contributed by atoms with Gasteiger partial charge in [0.2, 0.25) is 5.88 Å². The fourth-order valence-electron chi connectivity index (χ4n) is 2.09. The lowest BCUT2D eigenvalue weighted by molar-refractivity contribution is 0.138. The average Bonchev–Trinajstić information content (AvgIpc) is 2.60. The first-order chi connectivity index (χ1) is 12.2. The van der Waals surface area contributed by atoms with Crippen LogP contribution in [0.2, 0.25) is 0 Å². The summed E-state index contributed by atoms with van der Waals surface area (Å²) in [5.41, 5.74) is 5.19. The van der Waals surface area contributed by atoms with Crippen molar-refractivity contribution in [3.05, 3.63) is 35.7 Å². The number of aliphatic hydroxyl groups excluding tert-OH is 1. The van der Waals surface area contributed by atoms with Crippen LogP contribution in [0.3, 0.4) is 0 Å². The van der Waals surface area contributed by atoms with Gasteiger partial charge in [-0.3, -0.25) is 0 Å². The number of hydrogen-bond acceptors (Lipinski definition) is 8. The molecule has 0 aliphatic carbocycles. The van der Waals surface area contributed by atoms with Gasteiger partial charge in [-0.1, -0.05) is 6.07 Å². The standard InChI is InChI=1S/C14H16FN5O5S/c1-8-6-11(25-2)19-14(18-8)20(13(16)22)26(23,24)12-9(10(21)7-15)4-3-5-17-12/h3-6,10,21H,7H2,1-2H3,(H2,16,22). The molecule has 0 fully saturated rings. The van der Waals surface area contributed by atoms with Gasteiger partial charge in [-0.25, -0.2) is 19.2 Å². The van der Waals surface area contributed by atoms with E-state index in [9.17, 15) is 22.7 Å². The van der Waals surface area contributed by atoms with E-state index in [2.05, 4.69) is 15.0 Å². The van der Waals surface area contributed by atoms with Gasteiger partial charge in [-0.05, 0) is 13.0 Å². The Balaban J connectivity index is 2.69. The molecule has 1 unspecified atom stereocenters. The second-order valence-corrected chi connectivity index (χ2v) is 6.73. The van der Waals surface area contributed by atoms with E-state index >= 15 is 0 Å². The number of carbonyl (C=O) groups is 1. The number of aryl methyl sites for hydroxylation is 1. The number of carbonyl (C=O) groups excluding carboxylic acids is 1. The fourth-order valence-corrected chi connectivity index (χ4v) is 3.49.